The van der Waals surface area contributed by atoms with Crippen LogP contribution >= 0.6 is 0 Å². The number of aryl methyl sites for hydroxylation is 1. The maximum atomic E-state index is 12.5. The van der Waals surface area contributed by atoms with E-state index in [-0.39, 0.29) is 5.91 Å². The SMILES string of the molecule is C/C(=N\NC(=O)c1cc(C)n(-c2ccccc2)c1C)c1ccccn1. The molecule has 0 fully saturated rings. The summed E-state index contributed by atoms with van der Waals surface area (Å²) in [6.07, 6.45) is 1.70. The Morgan fingerprint density at radius 3 is 2.48 bits per heavy atom. The van der Waals surface area contributed by atoms with Crippen molar-refractivity contribution in [2.75, 3.05) is 0 Å². The molecule has 2 aromatic heterocycles. The van der Waals surface area contributed by atoms with Crippen molar-refractivity contribution in [1.29, 1.82) is 0 Å². The van der Waals surface area contributed by atoms with E-state index in [2.05, 4.69) is 20.1 Å². The van der Waals surface area contributed by atoms with Gasteiger partial charge in [0, 0.05) is 23.3 Å². The van der Waals surface area contributed by atoms with Crippen molar-refractivity contribution in [3.8, 4) is 5.69 Å². The second kappa shape index (κ2) is 7.13. The van der Waals surface area contributed by atoms with Crippen LogP contribution in [0.3, 0.4) is 0 Å². The molecule has 3 rings (SSSR count). The molecule has 1 amide bonds. The van der Waals surface area contributed by atoms with Gasteiger partial charge in [-0.05, 0) is 51.1 Å². The molecular formula is C20H20N4O. The molecule has 5 nitrogen and oxygen atoms in total. The number of carbonyl (C=O) groups is 1. The number of nitrogens with one attached hydrogen (secondary N) is 1. The van der Waals surface area contributed by atoms with Gasteiger partial charge in [-0.15, -0.1) is 0 Å². The molecule has 25 heavy (non-hydrogen) atoms. The molecule has 126 valence electrons. The van der Waals surface area contributed by atoms with Gasteiger partial charge in [-0.3, -0.25) is 9.78 Å². The lowest BCUT2D eigenvalue weighted by molar-refractivity contribution is 0.0954. The number of benzene rings is 1. The van der Waals surface area contributed by atoms with Crippen LogP contribution < -0.4 is 5.43 Å². The number of nitrogens with zero attached hydrogens (tertiary/aromatic N) is 3. The first-order chi connectivity index (χ1) is 12.1. The highest BCUT2D eigenvalue weighted by Gasteiger charge is 2.16. The lowest BCUT2D eigenvalue weighted by atomic mass is 10.2. The smallest absolute Gasteiger partial charge is 0.273 e. The second-order valence-electron chi connectivity index (χ2n) is 5.81. The van der Waals surface area contributed by atoms with Gasteiger partial charge in [0.15, 0.2) is 0 Å². The van der Waals surface area contributed by atoms with E-state index in [0.29, 0.717) is 11.3 Å². The van der Waals surface area contributed by atoms with Crippen LogP contribution in [0.4, 0.5) is 0 Å². The Balaban J connectivity index is 1.84. The fourth-order valence-electron chi connectivity index (χ4n) is 2.80. The van der Waals surface area contributed by atoms with Crippen LogP contribution in [-0.2, 0) is 0 Å². The lowest BCUT2D eigenvalue weighted by Gasteiger charge is -2.09. The predicted molar refractivity (Wildman–Crippen MR) is 99.2 cm³/mol. The molecule has 0 aliphatic rings. The molecule has 5 heteroatoms. The average molecular weight is 332 g/mol. The largest absolute Gasteiger partial charge is 0.318 e. The van der Waals surface area contributed by atoms with Crippen LogP contribution in [0.5, 0.6) is 0 Å². The van der Waals surface area contributed by atoms with Gasteiger partial charge in [0.1, 0.15) is 0 Å². The van der Waals surface area contributed by atoms with Gasteiger partial charge in [0.05, 0.1) is 17.0 Å². The quantitative estimate of drug-likeness (QED) is 0.586. The van der Waals surface area contributed by atoms with Crippen LogP contribution in [0.1, 0.15) is 34.4 Å². The zero-order chi connectivity index (χ0) is 17.8. The van der Waals surface area contributed by atoms with Crippen molar-refractivity contribution in [3.05, 3.63) is 83.4 Å². The highest BCUT2D eigenvalue weighted by molar-refractivity contribution is 6.00. The molecule has 0 saturated heterocycles. The molecule has 0 bridgehead atoms. The topological polar surface area (TPSA) is 59.3 Å². The number of hydrogen-bond donors (Lipinski definition) is 1. The summed E-state index contributed by atoms with van der Waals surface area (Å²) in [7, 11) is 0. The van der Waals surface area contributed by atoms with Crippen LogP contribution in [0.25, 0.3) is 5.69 Å². The van der Waals surface area contributed by atoms with Crippen LogP contribution in [0.2, 0.25) is 0 Å². The van der Waals surface area contributed by atoms with E-state index in [1.54, 1.807) is 6.20 Å². The number of aromatic nitrogens is 2. The predicted octanol–water partition coefficient (Wildman–Crippen LogP) is 3.64. The number of hydrazone groups is 1. The molecule has 1 aromatic carbocycles. The lowest BCUT2D eigenvalue weighted by Crippen LogP contribution is -2.20. The molecule has 2 heterocycles. The molecule has 0 spiro atoms. The van der Waals surface area contributed by atoms with E-state index in [1.807, 2.05) is 75.4 Å². The summed E-state index contributed by atoms with van der Waals surface area (Å²) in [5.41, 5.74) is 7.54. The van der Waals surface area contributed by atoms with Gasteiger partial charge in [-0.25, -0.2) is 5.43 Å². The third-order valence-corrected chi connectivity index (χ3v) is 4.05. The first-order valence-electron chi connectivity index (χ1n) is 8.08. The number of amides is 1. The van der Waals surface area contributed by atoms with E-state index < -0.39 is 0 Å². The molecule has 0 aliphatic carbocycles. The van der Waals surface area contributed by atoms with E-state index in [0.717, 1.165) is 22.8 Å². The van der Waals surface area contributed by atoms with Crippen molar-refractivity contribution >= 4 is 11.6 Å². The molecular weight excluding hydrogens is 312 g/mol. The van der Waals surface area contributed by atoms with Crippen molar-refractivity contribution in [2.45, 2.75) is 20.8 Å². The first-order valence-corrected chi connectivity index (χ1v) is 8.08. The van der Waals surface area contributed by atoms with Gasteiger partial charge in [-0.1, -0.05) is 24.3 Å². The normalized spacial score (nSPS) is 11.4. The summed E-state index contributed by atoms with van der Waals surface area (Å²) in [4.78, 5) is 16.8. The van der Waals surface area contributed by atoms with E-state index in [4.69, 9.17) is 0 Å². The van der Waals surface area contributed by atoms with Gasteiger partial charge in [-0.2, -0.15) is 5.10 Å². The fraction of sp³-hybridized carbons (Fsp3) is 0.150. The number of pyridine rings is 1. The number of hydrogen-bond acceptors (Lipinski definition) is 3. The second-order valence-corrected chi connectivity index (χ2v) is 5.81. The fourth-order valence-corrected chi connectivity index (χ4v) is 2.80. The number of carbonyl (C=O) groups excluding carboxylic acids is 1. The summed E-state index contributed by atoms with van der Waals surface area (Å²) in [6, 6.07) is 17.4. The Hall–Kier alpha value is -3.21. The highest BCUT2D eigenvalue weighted by Crippen LogP contribution is 2.20. The van der Waals surface area contributed by atoms with Gasteiger partial charge in [0.2, 0.25) is 0 Å². The molecule has 3 aromatic rings. The van der Waals surface area contributed by atoms with E-state index >= 15 is 0 Å². The standard InChI is InChI=1S/C20H20N4O/c1-14-13-18(16(3)24(14)17-9-5-4-6-10-17)20(25)23-22-15(2)19-11-7-8-12-21-19/h4-13H,1-3H3,(H,23,25)/b22-15+. The molecule has 0 saturated carbocycles. The minimum atomic E-state index is -0.231. The zero-order valence-electron chi connectivity index (χ0n) is 14.5. The van der Waals surface area contributed by atoms with Crippen molar-refractivity contribution in [1.82, 2.24) is 15.0 Å². The maximum Gasteiger partial charge on any atom is 0.273 e. The summed E-state index contributed by atoms with van der Waals surface area (Å²) in [6.45, 7) is 5.74. The highest BCUT2D eigenvalue weighted by atomic mass is 16.2. The van der Waals surface area contributed by atoms with E-state index in [9.17, 15) is 4.79 Å². The van der Waals surface area contributed by atoms with Crippen molar-refractivity contribution in [3.63, 3.8) is 0 Å². The maximum absolute atomic E-state index is 12.5. The van der Waals surface area contributed by atoms with Gasteiger partial charge < -0.3 is 4.57 Å². The van der Waals surface area contributed by atoms with Gasteiger partial charge >= 0.3 is 0 Å². The third kappa shape index (κ3) is 3.50. The Morgan fingerprint density at radius 1 is 1.08 bits per heavy atom. The zero-order valence-corrected chi connectivity index (χ0v) is 14.5. The molecule has 0 atom stereocenters. The van der Waals surface area contributed by atoms with E-state index in [1.165, 1.54) is 0 Å². The Bertz CT molecular complexity index is 912. The summed E-state index contributed by atoms with van der Waals surface area (Å²) in [5.74, 6) is -0.231. The summed E-state index contributed by atoms with van der Waals surface area (Å²) >= 11 is 0. The molecule has 0 aliphatic heterocycles. The number of rotatable bonds is 4. The Labute approximate surface area is 147 Å². The van der Waals surface area contributed by atoms with Crippen LogP contribution in [-0.4, -0.2) is 21.2 Å². The minimum absolute atomic E-state index is 0.231. The molecule has 0 radical (unpaired) electrons. The first kappa shape index (κ1) is 16.6. The average Bonchev–Trinajstić information content (AvgIpc) is 2.95. The van der Waals surface area contributed by atoms with Gasteiger partial charge in [0.25, 0.3) is 5.91 Å². The Kier molecular flexibility index (Phi) is 4.75. The minimum Gasteiger partial charge on any atom is -0.318 e. The molecule has 1 N–H and O–H groups in total. The number of para-hydroxylation sites is 1. The molecule has 0 unspecified atom stereocenters. The summed E-state index contributed by atoms with van der Waals surface area (Å²) in [5, 5.41) is 4.17. The Morgan fingerprint density at radius 2 is 1.80 bits per heavy atom. The summed E-state index contributed by atoms with van der Waals surface area (Å²) < 4.78 is 2.06. The monoisotopic (exact) mass is 332 g/mol. The van der Waals surface area contributed by atoms with Crippen molar-refractivity contribution in [2.24, 2.45) is 5.10 Å². The third-order valence-electron chi connectivity index (χ3n) is 4.05. The van der Waals surface area contributed by atoms with Crippen molar-refractivity contribution < 1.29 is 4.79 Å². The van der Waals surface area contributed by atoms with Crippen LogP contribution in [0, 0.1) is 13.8 Å². The van der Waals surface area contributed by atoms with Crippen LogP contribution in [0.15, 0.2) is 65.9 Å².